The van der Waals surface area contributed by atoms with Gasteiger partial charge in [0.25, 0.3) is 5.91 Å². The number of amides is 2. The van der Waals surface area contributed by atoms with Crippen molar-refractivity contribution in [2.75, 3.05) is 19.6 Å². The molecule has 2 unspecified atom stereocenters. The van der Waals surface area contributed by atoms with Crippen LogP contribution in [0, 0.1) is 17.8 Å². The number of carbonyl (C=O) groups excluding carboxylic acids is 1. The number of carbonyl (C=O) groups is 2. The number of hydrogen-bond donors (Lipinski definition) is 3. The van der Waals surface area contributed by atoms with Gasteiger partial charge in [0.15, 0.2) is 0 Å². The number of likely N-dealkylation sites (tertiary alicyclic amines) is 1. The smallest absolute Gasteiger partial charge is 0.404 e. The van der Waals surface area contributed by atoms with Gasteiger partial charge in [0, 0.05) is 38.4 Å². The molecular formula is C26H39N5O3. The van der Waals surface area contributed by atoms with Gasteiger partial charge in [-0.3, -0.25) is 14.1 Å². The van der Waals surface area contributed by atoms with Crippen LogP contribution in [0.4, 0.5) is 4.79 Å². The second-order valence-corrected chi connectivity index (χ2v) is 10.5. The zero-order valence-corrected chi connectivity index (χ0v) is 20.5. The topological polar surface area (TPSA) is 99.0 Å². The summed E-state index contributed by atoms with van der Waals surface area (Å²) in [5.74, 6) is 1.82. The summed E-state index contributed by atoms with van der Waals surface area (Å²) in [5.41, 5.74) is 2.25. The van der Waals surface area contributed by atoms with E-state index in [1.54, 1.807) is 0 Å². The highest BCUT2D eigenvalue weighted by atomic mass is 16.4. The third kappa shape index (κ3) is 6.29. The fourth-order valence-corrected chi connectivity index (χ4v) is 5.79. The van der Waals surface area contributed by atoms with Crippen LogP contribution in [0.1, 0.15) is 75.0 Å². The fraction of sp³-hybridized carbons (Fsp3) is 0.654. The van der Waals surface area contributed by atoms with Crippen LogP contribution >= 0.6 is 0 Å². The van der Waals surface area contributed by atoms with E-state index in [4.69, 9.17) is 10.1 Å². The summed E-state index contributed by atoms with van der Waals surface area (Å²) < 4.78 is 1.88. The first kappa shape index (κ1) is 24.5. The van der Waals surface area contributed by atoms with E-state index in [-0.39, 0.29) is 11.9 Å². The van der Waals surface area contributed by atoms with E-state index in [0.717, 1.165) is 37.3 Å². The van der Waals surface area contributed by atoms with E-state index in [9.17, 15) is 9.59 Å². The van der Waals surface area contributed by atoms with Crippen molar-refractivity contribution in [3.05, 3.63) is 35.8 Å². The zero-order valence-electron chi connectivity index (χ0n) is 20.5. The minimum Gasteiger partial charge on any atom is -0.465 e. The van der Waals surface area contributed by atoms with Crippen molar-refractivity contribution in [2.45, 2.75) is 71.4 Å². The van der Waals surface area contributed by atoms with E-state index >= 15 is 0 Å². The van der Waals surface area contributed by atoms with Gasteiger partial charge in [-0.15, -0.1) is 0 Å². The molecule has 0 spiro atoms. The quantitative estimate of drug-likeness (QED) is 0.512. The van der Waals surface area contributed by atoms with Gasteiger partial charge in [0.05, 0.1) is 5.69 Å². The highest BCUT2D eigenvalue weighted by Gasteiger charge is 2.26. The van der Waals surface area contributed by atoms with E-state index < -0.39 is 6.09 Å². The lowest BCUT2D eigenvalue weighted by molar-refractivity contribution is 0.0926. The minimum atomic E-state index is -0.977. The maximum atomic E-state index is 13.2. The molecule has 2 atom stereocenters. The van der Waals surface area contributed by atoms with Gasteiger partial charge >= 0.3 is 6.09 Å². The third-order valence-corrected chi connectivity index (χ3v) is 7.38. The lowest BCUT2D eigenvalue weighted by Gasteiger charge is -2.31. The summed E-state index contributed by atoms with van der Waals surface area (Å²) in [6.45, 7) is 7.40. The second-order valence-electron chi connectivity index (χ2n) is 10.5. The molecule has 1 aliphatic heterocycles. The summed E-state index contributed by atoms with van der Waals surface area (Å²) in [6.07, 6.45) is 9.45. The molecule has 0 radical (unpaired) electrons. The summed E-state index contributed by atoms with van der Waals surface area (Å²) in [7, 11) is 0. The molecule has 2 aliphatic rings. The Morgan fingerprint density at radius 2 is 1.97 bits per heavy atom. The summed E-state index contributed by atoms with van der Waals surface area (Å²) in [6, 6.07) is 5.62. The predicted molar refractivity (Wildman–Crippen MR) is 132 cm³/mol. The van der Waals surface area contributed by atoms with Gasteiger partial charge in [0.1, 0.15) is 11.3 Å². The van der Waals surface area contributed by atoms with Gasteiger partial charge < -0.3 is 15.7 Å². The van der Waals surface area contributed by atoms with E-state index in [1.165, 1.54) is 32.1 Å². The van der Waals surface area contributed by atoms with Crippen molar-refractivity contribution in [1.82, 2.24) is 24.9 Å². The molecule has 2 aromatic heterocycles. The van der Waals surface area contributed by atoms with E-state index in [2.05, 4.69) is 29.4 Å². The van der Waals surface area contributed by atoms with Crippen molar-refractivity contribution >= 4 is 17.6 Å². The monoisotopic (exact) mass is 469 g/mol. The van der Waals surface area contributed by atoms with Gasteiger partial charge in [-0.1, -0.05) is 52.0 Å². The first-order valence-electron chi connectivity index (χ1n) is 12.9. The molecule has 1 aliphatic carbocycles. The molecule has 2 aromatic rings. The number of aromatic nitrogens is 2. The molecule has 0 aromatic carbocycles. The number of carboxylic acid groups (broad SMARTS) is 1. The molecule has 186 valence electrons. The van der Waals surface area contributed by atoms with Crippen molar-refractivity contribution in [3.8, 4) is 0 Å². The molecule has 3 N–H and O–H groups in total. The molecule has 8 heteroatoms. The van der Waals surface area contributed by atoms with Crippen molar-refractivity contribution < 1.29 is 14.7 Å². The third-order valence-electron chi connectivity index (χ3n) is 7.38. The van der Waals surface area contributed by atoms with Crippen LogP contribution < -0.4 is 10.6 Å². The SMILES string of the molecule is CC(C)CC(CNC(=O)c1cccc2nc(CN3CCC(NC(=O)O)C3)cn12)C1CCCCC1. The second kappa shape index (κ2) is 11.2. The first-order valence-corrected chi connectivity index (χ1v) is 12.9. The Bertz CT molecular complexity index is 982. The Balaban J connectivity index is 1.40. The number of imidazole rings is 1. The first-order chi connectivity index (χ1) is 16.4. The Hall–Kier alpha value is -2.61. The van der Waals surface area contributed by atoms with Crippen LogP contribution in [0.25, 0.3) is 5.65 Å². The number of rotatable bonds is 9. The summed E-state index contributed by atoms with van der Waals surface area (Å²) >= 11 is 0. The van der Waals surface area contributed by atoms with Crippen molar-refractivity contribution in [3.63, 3.8) is 0 Å². The van der Waals surface area contributed by atoms with Crippen LogP contribution in [-0.4, -0.2) is 57.1 Å². The normalized spacial score (nSPS) is 20.6. The van der Waals surface area contributed by atoms with Crippen molar-refractivity contribution in [1.29, 1.82) is 0 Å². The predicted octanol–water partition coefficient (Wildman–Crippen LogP) is 4.15. The molecule has 0 bridgehead atoms. The largest absolute Gasteiger partial charge is 0.465 e. The van der Waals surface area contributed by atoms with Crippen LogP contribution in [-0.2, 0) is 6.54 Å². The Morgan fingerprint density at radius 3 is 2.71 bits per heavy atom. The van der Waals surface area contributed by atoms with Crippen LogP contribution in [0.5, 0.6) is 0 Å². The molecule has 2 fully saturated rings. The Labute approximate surface area is 202 Å². The molecule has 8 nitrogen and oxygen atoms in total. The van der Waals surface area contributed by atoms with Crippen molar-refractivity contribution in [2.24, 2.45) is 17.8 Å². The average molecular weight is 470 g/mol. The lowest BCUT2D eigenvalue weighted by atomic mass is 9.76. The fourth-order valence-electron chi connectivity index (χ4n) is 5.79. The molecule has 1 saturated heterocycles. The highest BCUT2D eigenvalue weighted by Crippen LogP contribution is 2.33. The lowest BCUT2D eigenvalue weighted by Crippen LogP contribution is -2.35. The average Bonchev–Trinajstić information content (AvgIpc) is 3.42. The van der Waals surface area contributed by atoms with Gasteiger partial charge in [-0.25, -0.2) is 9.78 Å². The maximum Gasteiger partial charge on any atom is 0.404 e. The Morgan fingerprint density at radius 1 is 1.18 bits per heavy atom. The van der Waals surface area contributed by atoms with E-state index in [1.807, 2.05) is 28.8 Å². The van der Waals surface area contributed by atoms with Gasteiger partial charge in [-0.05, 0) is 42.7 Å². The highest BCUT2D eigenvalue weighted by molar-refractivity contribution is 5.93. The number of nitrogens with zero attached hydrogens (tertiary/aromatic N) is 3. The number of hydrogen-bond acceptors (Lipinski definition) is 4. The van der Waals surface area contributed by atoms with Crippen LogP contribution in [0.15, 0.2) is 24.4 Å². The van der Waals surface area contributed by atoms with Gasteiger partial charge in [0.2, 0.25) is 0 Å². The van der Waals surface area contributed by atoms with Crippen LogP contribution in [0.3, 0.4) is 0 Å². The molecule has 34 heavy (non-hydrogen) atoms. The number of pyridine rings is 1. The Kier molecular flexibility index (Phi) is 8.08. The molecule has 2 amide bonds. The van der Waals surface area contributed by atoms with E-state index in [0.29, 0.717) is 36.5 Å². The standard InChI is InChI=1S/C26H39N5O3/c1-18(2)13-20(19-7-4-3-5-8-19)14-27-25(32)23-9-6-10-24-28-22(17-31(23)24)16-30-12-11-21(15-30)29-26(33)34/h6,9-10,17-21,29H,3-5,7-8,11-16H2,1-2H3,(H,27,32)(H,33,34). The molecule has 3 heterocycles. The van der Waals surface area contributed by atoms with Crippen LogP contribution in [0.2, 0.25) is 0 Å². The summed E-state index contributed by atoms with van der Waals surface area (Å²) in [4.78, 5) is 31.0. The zero-order chi connectivity index (χ0) is 24.1. The molecular weight excluding hydrogens is 430 g/mol. The molecule has 4 rings (SSSR count). The minimum absolute atomic E-state index is 0.0428. The van der Waals surface area contributed by atoms with Gasteiger partial charge in [-0.2, -0.15) is 0 Å². The number of nitrogens with one attached hydrogen (secondary N) is 2. The summed E-state index contributed by atoms with van der Waals surface area (Å²) in [5, 5.41) is 14.7. The number of fused-ring (bicyclic) bond motifs is 1. The molecule has 1 saturated carbocycles. The maximum absolute atomic E-state index is 13.2.